The van der Waals surface area contributed by atoms with Gasteiger partial charge in [-0.3, -0.25) is 24.5 Å². The van der Waals surface area contributed by atoms with Gasteiger partial charge >= 0.3 is 6.03 Å². The predicted octanol–water partition coefficient (Wildman–Crippen LogP) is 5.15. The van der Waals surface area contributed by atoms with Crippen LogP contribution < -0.4 is 5.32 Å². The fourth-order valence-electron chi connectivity index (χ4n) is 5.73. The second-order valence-corrected chi connectivity index (χ2v) is 11.5. The Morgan fingerprint density at radius 3 is 2.61 bits per heavy atom. The number of aliphatic imine (C=N–C) groups is 1. The highest BCUT2D eigenvalue weighted by Gasteiger charge is 2.55. The third-order valence-corrected chi connectivity index (χ3v) is 8.02. The van der Waals surface area contributed by atoms with Crippen molar-refractivity contribution in [3.8, 4) is 0 Å². The number of imide groups is 1. The summed E-state index contributed by atoms with van der Waals surface area (Å²) < 4.78 is 0. The molecule has 2 unspecified atom stereocenters. The van der Waals surface area contributed by atoms with Crippen LogP contribution in [0, 0.1) is 5.92 Å². The number of pyridine rings is 1. The Bertz CT molecular complexity index is 1530. The van der Waals surface area contributed by atoms with Crippen molar-refractivity contribution in [1.82, 2.24) is 20.1 Å². The van der Waals surface area contributed by atoms with Crippen molar-refractivity contribution in [2.75, 3.05) is 6.67 Å². The quantitative estimate of drug-likeness (QED) is 0.454. The number of benzene rings is 2. The van der Waals surface area contributed by atoms with Gasteiger partial charge in [0, 0.05) is 23.8 Å². The van der Waals surface area contributed by atoms with Gasteiger partial charge in [-0.05, 0) is 86.1 Å². The van der Waals surface area contributed by atoms with Gasteiger partial charge in [-0.2, -0.15) is 0 Å². The third-order valence-electron chi connectivity index (χ3n) is 8.02. The van der Waals surface area contributed by atoms with Crippen LogP contribution in [0.15, 0.2) is 71.9 Å². The number of carbonyl (C=O) groups is 3. The number of fused-ring (bicyclic) bond motifs is 2. The summed E-state index contributed by atoms with van der Waals surface area (Å²) in [5.41, 5.74) is 3.34. The fraction of sp³-hybridized carbons (Fsp3) is 0.364. The summed E-state index contributed by atoms with van der Waals surface area (Å²) in [4.78, 5) is 51.9. The summed E-state index contributed by atoms with van der Waals surface area (Å²) in [5, 5.41) is 3.79. The molecule has 1 aromatic heterocycles. The van der Waals surface area contributed by atoms with Crippen LogP contribution in [0.5, 0.6) is 0 Å². The van der Waals surface area contributed by atoms with Crippen molar-refractivity contribution >= 4 is 35.0 Å². The second kappa shape index (κ2) is 11.6. The van der Waals surface area contributed by atoms with E-state index < -0.39 is 5.54 Å². The number of hydrogen-bond donors (Lipinski definition) is 1. The van der Waals surface area contributed by atoms with E-state index in [0.29, 0.717) is 5.92 Å². The fourth-order valence-corrected chi connectivity index (χ4v) is 5.73. The predicted molar refractivity (Wildman–Crippen MR) is 160 cm³/mol. The number of nitrogens with one attached hydrogen (secondary N) is 1. The lowest BCUT2D eigenvalue weighted by atomic mass is 9.89. The van der Waals surface area contributed by atoms with E-state index in [1.807, 2.05) is 69.3 Å². The zero-order valence-corrected chi connectivity index (χ0v) is 24.1. The maximum absolute atomic E-state index is 13.7. The summed E-state index contributed by atoms with van der Waals surface area (Å²) >= 11 is 0. The number of nitrogens with zero attached hydrogens (tertiary/aromatic N) is 4. The number of urea groups is 1. The zero-order valence-electron chi connectivity index (χ0n) is 24.1. The molecule has 1 saturated heterocycles. The second-order valence-electron chi connectivity index (χ2n) is 11.5. The Morgan fingerprint density at radius 2 is 1.85 bits per heavy atom. The van der Waals surface area contributed by atoms with Crippen LogP contribution in [0.4, 0.5) is 4.79 Å². The first kappa shape index (κ1) is 28.2. The monoisotopic (exact) mass is 551 g/mol. The van der Waals surface area contributed by atoms with E-state index in [1.54, 1.807) is 17.3 Å². The number of hydrogen-bond acceptors (Lipinski definition) is 5. The van der Waals surface area contributed by atoms with Crippen LogP contribution in [0.25, 0.3) is 10.9 Å². The molecule has 4 amide bonds. The minimum atomic E-state index is -1.13. The molecule has 8 nitrogen and oxygen atoms in total. The van der Waals surface area contributed by atoms with E-state index in [-0.39, 0.29) is 43.5 Å². The molecule has 3 aromatic rings. The highest BCUT2D eigenvalue weighted by atomic mass is 16.2. The zero-order chi connectivity index (χ0) is 29.1. The molecule has 2 aliphatic rings. The van der Waals surface area contributed by atoms with Crippen LogP contribution in [0.3, 0.4) is 0 Å². The minimum Gasteiger partial charge on any atom is -0.337 e. The molecule has 2 aromatic carbocycles. The van der Waals surface area contributed by atoms with Crippen LogP contribution in [0.1, 0.15) is 56.4 Å². The molecule has 0 aliphatic carbocycles. The standard InChI is InChI=1S/C33H37N5O3/c1-22(2)38-31(40)33(4,28-11-6-5-7-12-28)37(32(38)41)20-24-15-27-16-25-14-23(3)10-8-9-13-34-21-36-30(39)18-26(25)17-29(27)35-19-24/h5-9,11-13,15-17,19,22-23H,10,14,18,20-21H2,1-4H3,(H,36,39). The molecule has 212 valence electrons. The van der Waals surface area contributed by atoms with Crippen LogP contribution in [-0.2, 0) is 34.5 Å². The van der Waals surface area contributed by atoms with Crippen molar-refractivity contribution < 1.29 is 14.4 Å². The SMILES string of the molecule is CC1CC=CC=NCNC(=O)Cc2cc3ncc(CN4C(=O)N(C(C)C)C(=O)C4(C)c4ccccc4)cc3cc2C1. The lowest BCUT2D eigenvalue weighted by Gasteiger charge is -2.32. The van der Waals surface area contributed by atoms with Gasteiger partial charge in [-0.1, -0.05) is 43.3 Å². The number of aromatic nitrogens is 1. The molecule has 0 saturated carbocycles. The highest BCUT2D eigenvalue weighted by molar-refractivity contribution is 6.07. The molecule has 5 rings (SSSR count). The summed E-state index contributed by atoms with van der Waals surface area (Å²) in [6.07, 6.45) is 9.49. The lowest BCUT2D eigenvalue weighted by molar-refractivity contribution is -0.134. The van der Waals surface area contributed by atoms with E-state index >= 15 is 0 Å². The van der Waals surface area contributed by atoms with Gasteiger partial charge in [-0.15, -0.1) is 0 Å². The van der Waals surface area contributed by atoms with Crippen LogP contribution in [0.2, 0.25) is 0 Å². The minimum absolute atomic E-state index is 0.0811. The van der Waals surface area contributed by atoms with Crippen LogP contribution in [-0.4, -0.2) is 51.6 Å². The lowest BCUT2D eigenvalue weighted by Crippen LogP contribution is -2.44. The highest BCUT2D eigenvalue weighted by Crippen LogP contribution is 2.39. The first-order valence-corrected chi connectivity index (χ1v) is 14.2. The Kier molecular flexibility index (Phi) is 8.01. The third kappa shape index (κ3) is 5.64. The van der Waals surface area contributed by atoms with E-state index in [9.17, 15) is 14.4 Å². The van der Waals surface area contributed by atoms with Gasteiger partial charge in [0.15, 0.2) is 0 Å². The van der Waals surface area contributed by atoms with E-state index in [2.05, 4.69) is 29.4 Å². The Labute approximate surface area is 241 Å². The van der Waals surface area contributed by atoms with Gasteiger partial charge in [-0.25, -0.2) is 4.79 Å². The Hall–Kier alpha value is -4.33. The first-order valence-electron chi connectivity index (χ1n) is 14.2. The van der Waals surface area contributed by atoms with Gasteiger partial charge in [0.05, 0.1) is 18.5 Å². The molecule has 8 heteroatoms. The topological polar surface area (TPSA) is 95.0 Å². The van der Waals surface area contributed by atoms with Crippen molar-refractivity contribution in [3.05, 3.63) is 89.1 Å². The number of carbonyl (C=O) groups excluding carboxylic acids is 3. The summed E-state index contributed by atoms with van der Waals surface area (Å²) in [6.45, 7) is 8.23. The molecule has 0 radical (unpaired) electrons. The molecule has 2 atom stereocenters. The molecule has 1 N–H and O–H groups in total. The van der Waals surface area contributed by atoms with Gasteiger partial charge < -0.3 is 10.2 Å². The molecule has 1 fully saturated rings. The summed E-state index contributed by atoms with van der Waals surface area (Å²) in [7, 11) is 0. The maximum atomic E-state index is 13.7. The van der Waals surface area contributed by atoms with E-state index in [1.165, 1.54) is 4.90 Å². The number of amides is 4. The van der Waals surface area contributed by atoms with Crippen molar-refractivity contribution in [3.63, 3.8) is 0 Å². The van der Waals surface area contributed by atoms with Crippen molar-refractivity contribution in [1.29, 1.82) is 0 Å². The van der Waals surface area contributed by atoms with Crippen LogP contribution >= 0.6 is 0 Å². The molecule has 3 heterocycles. The normalized spacial score (nSPS) is 22.0. The van der Waals surface area contributed by atoms with Gasteiger partial charge in [0.25, 0.3) is 5.91 Å². The Morgan fingerprint density at radius 1 is 1.07 bits per heavy atom. The van der Waals surface area contributed by atoms with E-state index in [0.717, 1.165) is 46.0 Å². The van der Waals surface area contributed by atoms with Crippen molar-refractivity contribution in [2.24, 2.45) is 10.9 Å². The van der Waals surface area contributed by atoms with Crippen molar-refractivity contribution in [2.45, 2.75) is 65.1 Å². The maximum Gasteiger partial charge on any atom is 0.328 e. The largest absolute Gasteiger partial charge is 0.337 e. The molecule has 0 bridgehead atoms. The molecule has 0 spiro atoms. The van der Waals surface area contributed by atoms with E-state index in [4.69, 9.17) is 4.98 Å². The molecule has 41 heavy (non-hydrogen) atoms. The first-order chi connectivity index (χ1) is 19.7. The van der Waals surface area contributed by atoms with Gasteiger partial charge in [0.2, 0.25) is 5.91 Å². The smallest absolute Gasteiger partial charge is 0.328 e. The number of allylic oxidation sites excluding steroid dienone is 2. The molecular formula is C33H37N5O3. The Balaban J connectivity index is 1.51. The summed E-state index contributed by atoms with van der Waals surface area (Å²) in [5.74, 6) is 0.0695. The average Bonchev–Trinajstić information content (AvgIpc) is 3.14. The average molecular weight is 552 g/mol. The number of rotatable bonds is 4. The van der Waals surface area contributed by atoms with Gasteiger partial charge in [0.1, 0.15) is 12.2 Å². The molecule has 2 aliphatic heterocycles. The molecular weight excluding hydrogens is 514 g/mol. The summed E-state index contributed by atoms with van der Waals surface area (Å²) in [6, 6.07) is 15.1.